The van der Waals surface area contributed by atoms with Gasteiger partial charge in [0.15, 0.2) is 11.6 Å². The molecule has 0 bridgehead atoms. The molecule has 31 heavy (non-hydrogen) atoms. The number of thiazole rings is 1. The lowest BCUT2D eigenvalue weighted by Crippen LogP contribution is -2.33. The number of hydrogen-bond acceptors (Lipinski definition) is 7. The highest BCUT2D eigenvalue weighted by molar-refractivity contribution is 7.22. The summed E-state index contributed by atoms with van der Waals surface area (Å²) in [6.45, 7) is 3.90. The Labute approximate surface area is 180 Å². The lowest BCUT2D eigenvalue weighted by atomic mass is 9.99. The monoisotopic (exact) mass is 436 g/mol. The zero-order valence-electron chi connectivity index (χ0n) is 17.0. The molecule has 2 aromatic carbocycles. The summed E-state index contributed by atoms with van der Waals surface area (Å²) < 4.78 is 26.7. The summed E-state index contributed by atoms with van der Waals surface area (Å²) in [6.07, 6.45) is 2.00. The van der Waals surface area contributed by atoms with Gasteiger partial charge in [0.1, 0.15) is 10.6 Å². The predicted octanol–water partition coefficient (Wildman–Crippen LogP) is 5.37. The molecule has 156 valence electrons. The normalized spacial score (nSPS) is 17.4. The molecule has 0 saturated carbocycles. The fourth-order valence-corrected chi connectivity index (χ4v) is 5.00. The highest BCUT2D eigenvalue weighted by Crippen LogP contribution is 2.45. The van der Waals surface area contributed by atoms with Gasteiger partial charge >= 0.3 is 0 Å². The molecular weight excluding hydrogens is 419 g/mol. The summed E-state index contributed by atoms with van der Waals surface area (Å²) in [5.74, 6) is 0.171. The van der Waals surface area contributed by atoms with Crippen LogP contribution in [0.25, 0.3) is 42.3 Å². The summed E-state index contributed by atoms with van der Waals surface area (Å²) >= 11 is 1.46. The first-order chi connectivity index (χ1) is 14.9. The predicted molar refractivity (Wildman–Crippen MR) is 116 cm³/mol. The van der Waals surface area contributed by atoms with Gasteiger partial charge in [0.25, 0.3) is 0 Å². The smallest absolute Gasteiger partial charge is 0.232 e. The lowest BCUT2D eigenvalue weighted by molar-refractivity contribution is 0.121. The lowest BCUT2D eigenvalue weighted by Gasteiger charge is -2.21. The molecule has 0 saturated heterocycles. The van der Waals surface area contributed by atoms with Gasteiger partial charge in [-0.05, 0) is 37.1 Å². The SMILES string of the molecule is COc1cnc2c(-c3nc4cc(F)c5c(c4s3)CC(C)(CN=[N+]=[N-])O5)cc(C)cc2n1. The Balaban J connectivity index is 1.68. The summed E-state index contributed by atoms with van der Waals surface area (Å²) in [5.41, 5.74) is 12.4. The van der Waals surface area contributed by atoms with Crippen LogP contribution < -0.4 is 9.47 Å². The molecule has 0 radical (unpaired) electrons. The van der Waals surface area contributed by atoms with Crippen LogP contribution in [0, 0.1) is 12.7 Å². The average molecular weight is 436 g/mol. The second kappa shape index (κ2) is 7.04. The van der Waals surface area contributed by atoms with Gasteiger partial charge in [0.2, 0.25) is 5.88 Å². The summed E-state index contributed by atoms with van der Waals surface area (Å²) in [5, 5.41) is 4.35. The molecule has 0 N–H and O–H groups in total. The Morgan fingerprint density at radius 2 is 2.16 bits per heavy atom. The van der Waals surface area contributed by atoms with Crippen LogP contribution >= 0.6 is 11.3 Å². The van der Waals surface area contributed by atoms with E-state index in [0.717, 1.165) is 26.4 Å². The zero-order chi connectivity index (χ0) is 21.8. The number of halogens is 1. The number of azide groups is 1. The van der Waals surface area contributed by atoms with Crippen molar-refractivity contribution in [2.45, 2.75) is 25.9 Å². The van der Waals surface area contributed by atoms with Crippen molar-refractivity contribution in [1.82, 2.24) is 15.0 Å². The van der Waals surface area contributed by atoms with Gasteiger partial charge in [-0.1, -0.05) is 5.11 Å². The Bertz CT molecular complexity index is 1410. The quantitative estimate of drug-likeness (QED) is 0.243. The van der Waals surface area contributed by atoms with Crippen LogP contribution in [-0.2, 0) is 6.42 Å². The van der Waals surface area contributed by atoms with Crippen molar-refractivity contribution >= 4 is 32.6 Å². The van der Waals surface area contributed by atoms with Crippen molar-refractivity contribution in [2.75, 3.05) is 13.7 Å². The minimum Gasteiger partial charge on any atom is -0.484 e. The van der Waals surface area contributed by atoms with Gasteiger partial charge < -0.3 is 9.47 Å². The van der Waals surface area contributed by atoms with Gasteiger partial charge in [-0.25, -0.2) is 19.3 Å². The standard InChI is InChI=1S/C21H17FN6O2S/c1-10-4-11(17-14(5-10)26-16(29-3)8-24-17)20-27-15-6-13(22)18-12(19(15)31-20)7-21(2,30-18)9-25-28-23/h4-6,8H,7,9H2,1-3H3. The Morgan fingerprint density at radius 3 is 2.94 bits per heavy atom. The average Bonchev–Trinajstić information content (AvgIpc) is 3.33. The third-order valence-corrected chi connectivity index (χ3v) is 6.42. The summed E-state index contributed by atoms with van der Waals surface area (Å²) in [4.78, 5) is 16.5. The van der Waals surface area contributed by atoms with Gasteiger partial charge in [-0.3, -0.25) is 0 Å². The minimum atomic E-state index is -0.786. The molecule has 0 spiro atoms. The largest absolute Gasteiger partial charge is 0.484 e. The molecule has 10 heteroatoms. The number of aromatic nitrogens is 3. The fraction of sp³-hybridized carbons (Fsp3) is 0.286. The van der Waals surface area contributed by atoms with E-state index in [1.54, 1.807) is 13.3 Å². The van der Waals surface area contributed by atoms with Crippen LogP contribution in [0.1, 0.15) is 18.1 Å². The minimum absolute atomic E-state index is 0.116. The molecule has 8 nitrogen and oxygen atoms in total. The maximum atomic E-state index is 14.8. The topological polar surface area (TPSA) is 106 Å². The first-order valence-corrected chi connectivity index (χ1v) is 10.4. The van der Waals surface area contributed by atoms with E-state index in [1.807, 2.05) is 26.0 Å². The highest BCUT2D eigenvalue weighted by Gasteiger charge is 2.38. The molecule has 4 aromatic rings. The maximum Gasteiger partial charge on any atom is 0.232 e. The fourth-order valence-electron chi connectivity index (χ4n) is 3.90. The third kappa shape index (κ3) is 3.20. The number of fused-ring (bicyclic) bond motifs is 4. The second-order valence-corrected chi connectivity index (χ2v) is 8.74. The first kappa shape index (κ1) is 19.5. The Kier molecular flexibility index (Phi) is 4.42. The van der Waals surface area contributed by atoms with E-state index in [4.69, 9.17) is 20.0 Å². The number of ether oxygens (including phenoxy) is 2. The van der Waals surface area contributed by atoms with Crippen LogP contribution in [0.2, 0.25) is 0 Å². The molecule has 0 amide bonds. The van der Waals surface area contributed by atoms with E-state index in [2.05, 4.69) is 20.0 Å². The molecule has 1 atom stereocenters. The molecular formula is C21H17FN6O2S. The Morgan fingerprint density at radius 1 is 1.32 bits per heavy atom. The number of methoxy groups -OCH3 is 1. The number of aryl methyl sites for hydroxylation is 1. The maximum absolute atomic E-state index is 14.8. The molecule has 1 aliphatic rings. The van der Waals surface area contributed by atoms with Gasteiger partial charge in [0.05, 0.1) is 41.1 Å². The highest BCUT2D eigenvalue weighted by atomic mass is 32.1. The molecule has 0 fully saturated rings. The van der Waals surface area contributed by atoms with Gasteiger partial charge in [0, 0.05) is 28.5 Å². The van der Waals surface area contributed by atoms with Gasteiger partial charge in [-0.15, -0.1) is 11.3 Å². The molecule has 1 aliphatic heterocycles. The zero-order valence-corrected chi connectivity index (χ0v) is 17.8. The first-order valence-electron chi connectivity index (χ1n) is 9.54. The van der Waals surface area contributed by atoms with Crippen LogP contribution in [0.5, 0.6) is 11.6 Å². The second-order valence-electron chi connectivity index (χ2n) is 7.74. The van der Waals surface area contributed by atoms with Crippen molar-refractivity contribution in [1.29, 1.82) is 0 Å². The van der Waals surface area contributed by atoms with Crippen molar-refractivity contribution in [3.63, 3.8) is 0 Å². The number of rotatable bonds is 4. The van der Waals surface area contributed by atoms with Crippen LogP contribution in [-0.4, -0.2) is 34.2 Å². The van der Waals surface area contributed by atoms with Crippen molar-refractivity contribution in [3.05, 3.63) is 51.8 Å². The molecule has 1 unspecified atom stereocenters. The van der Waals surface area contributed by atoms with E-state index >= 15 is 0 Å². The molecule has 5 rings (SSSR count). The number of nitrogens with zero attached hydrogens (tertiary/aromatic N) is 6. The molecule has 3 heterocycles. The van der Waals surface area contributed by atoms with E-state index < -0.39 is 11.4 Å². The van der Waals surface area contributed by atoms with Crippen LogP contribution in [0.4, 0.5) is 4.39 Å². The molecule has 0 aliphatic carbocycles. The Hall–Kier alpha value is -3.49. The number of hydrogen-bond donors (Lipinski definition) is 0. The third-order valence-electron chi connectivity index (χ3n) is 5.26. The van der Waals surface area contributed by atoms with Gasteiger partial charge in [-0.2, -0.15) is 0 Å². The summed E-state index contributed by atoms with van der Waals surface area (Å²) in [6, 6.07) is 5.33. The van der Waals surface area contributed by atoms with Crippen LogP contribution in [0.15, 0.2) is 29.5 Å². The van der Waals surface area contributed by atoms with E-state index in [9.17, 15) is 4.39 Å². The number of benzene rings is 2. The summed E-state index contributed by atoms with van der Waals surface area (Å²) in [7, 11) is 1.55. The van der Waals surface area contributed by atoms with Crippen molar-refractivity contribution in [2.24, 2.45) is 5.11 Å². The van der Waals surface area contributed by atoms with E-state index in [-0.39, 0.29) is 12.3 Å². The van der Waals surface area contributed by atoms with Crippen molar-refractivity contribution in [3.8, 4) is 22.2 Å². The van der Waals surface area contributed by atoms with E-state index in [0.29, 0.717) is 28.9 Å². The van der Waals surface area contributed by atoms with E-state index in [1.165, 1.54) is 17.4 Å². The van der Waals surface area contributed by atoms with Crippen LogP contribution in [0.3, 0.4) is 0 Å². The van der Waals surface area contributed by atoms with Crippen molar-refractivity contribution < 1.29 is 13.9 Å². The molecule has 2 aromatic heterocycles.